The van der Waals surface area contributed by atoms with Gasteiger partial charge in [0.15, 0.2) is 0 Å². The molecule has 0 fully saturated rings. The van der Waals surface area contributed by atoms with Gasteiger partial charge in [0.25, 0.3) is 0 Å². The number of nitrogens with zero attached hydrogens (tertiary/aromatic N) is 1. The molecule has 1 N–H and O–H groups in total. The van der Waals surface area contributed by atoms with Crippen molar-refractivity contribution in [3.63, 3.8) is 0 Å². The van der Waals surface area contributed by atoms with Gasteiger partial charge in [0, 0.05) is 17.3 Å². The van der Waals surface area contributed by atoms with Crippen molar-refractivity contribution in [3.05, 3.63) is 70.0 Å². The summed E-state index contributed by atoms with van der Waals surface area (Å²) >= 11 is 3.27. The van der Waals surface area contributed by atoms with Gasteiger partial charge in [-0.15, -0.1) is 0 Å². The first kappa shape index (κ1) is 14.9. The highest BCUT2D eigenvalue weighted by Crippen LogP contribution is 2.27. The molecule has 4 heteroatoms. The minimum Gasteiger partial charge on any atom is -0.507 e. The number of hydrogen-bond donors (Lipinski definition) is 1. The van der Waals surface area contributed by atoms with Crippen molar-refractivity contribution in [1.82, 2.24) is 4.40 Å². The fourth-order valence-corrected chi connectivity index (χ4v) is 3.06. The van der Waals surface area contributed by atoms with Gasteiger partial charge in [-0.1, -0.05) is 19.4 Å². The van der Waals surface area contributed by atoms with Gasteiger partial charge in [-0.2, -0.15) is 0 Å². The molecule has 0 saturated heterocycles. The average Bonchev–Trinajstić information content (AvgIpc) is 2.87. The third-order valence-corrected chi connectivity index (χ3v) is 4.34. The Labute approximate surface area is 137 Å². The number of benzene rings is 1. The van der Waals surface area contributed by atoms with E-state index in [0.29, 0.717) is 15.7 Å². The SMILES string of the molecule is CCCc1cc2ccccn2c1C(=O)c1ccc(O)c(Br)c1. The number of carbonyl (C=O) groups is 1. The van der Waals surface area contributed by atoms with Gasteiger partial charge in [-0.3, -0.25) is 4.79 Å². The summed E-state index contributed by atoms with van der Waals surface area (Å²) in [6, 6.07) is 12.8. The first-order valence-corrected chi connectivity index (χ1v) is 8.03. The highest BCUT2D eigenvalue weighted by atomic mass is 79.9. The van der Waals surface area contributed by atoms with Gasteiger partial charge < -0.3 is 9.51 Å². The van der Waals surface area contributed by atoms with E-state index in [9.17, 15) is 9.90 Å². The fraction of sp³-hybridized carbons (Fsp3) is 0.167. The van der Waals surface area contributed by atoms with Crippen molar-refractivity contribution < 1.29 is 9.90 Å². The van der Waals surface area contributed by atoms with Crippen LogP contribution < -0.4 is 0 Å². The molecule has 22 heavy (non-hydrogen) atoms. The maximum Gasteiger partial charge on any atom is 0.210 e. The normalized spacial score (nSPS) is 11.0. The number of aryl methyl sites for hydroxylation is 1. The van der Waals surface area contributed by atoms with E-state index in [0.717, 1.165) is 23.9 Å². The van der Waals surface area contributed by atoms with Gasteiger partial charge in [-0.25, -0.2) is 0 Å². The van der Waals surface area contributed by atoms with Gasteiger partial charge in [0.05, 0.1) is 10.2 Å². The lowest BCUT2D eigenvalue weighted by molar-refractivity contribution is 0.103. The second-order valence-electron chi connectivity index (χ2n) is 5.26. The predicted octanol–water partition coefficient (Wildman–Crippen LogP) is 4.59. The lowest BCUT2D eigenvalue weighted by Gasteiger charge is -2.07. The van der Waals surface area contributed by atoms with Crippen LogP contribution in [0, 0.1) is 0 Å². The van der Waals surface area contributed by atoms with Crippen molar-refractivity contribution in [1.29, 1.82) is 0 Å². The molecule has 2 heterocycles. The zero-order valence-electron chi connectivity index (χ0n) is 12.2. The molecule has 2 aromatic heterocycles. The summed E-state index contributed by atoms with van der Waals surface area (Å²) in [6.45, 7) is 2.10. The molecule has 0 aliphatic carbocycles. The Bertz CT molecular complexity index is 851. The minimum absolute atomic E-state index is 0.0321. The van der Waals surface area contributed by atoms with E-state index in [1.54, 1.807) is 12.1 Å². The lowest BCUT2D eigenvalue weighted by atomic mass is 10.0. The van der Waals surface area contributed by atoms with Crippen LogP contribution in [0.1, 0.15) is 35.0 Å². The first-order valence-electron chi connectivity index (χ1n) is 7.24. The van der Waals surface area contributed by atoms with Crippen LogP contribution in [0.2, 0.25) is 0 Å². The molecule has 0 radical (unpaired) electrons. The Morgan fingerprint density at radius 2 is 2.05 bits per heavy atom. The second-order valence-corrected chi connectivity index (χ2v) is 6.11. The molecule has 0 aliphatic rings. The number of aromatic hydroxyl groups is 1. The Kier molecular flexibility index (Phi) is 4.03. The van der Waals surface area contributed by atoms with Crippen molar-refractivity contribution in [2.24, 2.45) is 0 Å². The van der Waals surface area contributed by atoms with Crippen LogP contribution in [0.5, 0.6) is 5.75 Å². The summed E-state index contributed by atoms with van der Waals surface area (Å²) in [5, 5.41) is 9.60. The highest BCUT2D eigenvalue weighted by molar-refractivity contribution is 9.10. The van der Waals surface area contributed by atoms with E-state index < -0.39 is 0 Å². The molecule has 0 aliphatic heterocycles. The number of hydrogen-bond acceptors (Lipinski definition) is 2. The van der Waals surface area contributed by atoms with Crippen LogP contribution >= 0.6 is 15.9 Å². The van der Waals surface area contributed by atoms with Crippen molar-refractivity contribution in [3.8, 4) is 5.75 Å². The molecule has 0 bridgehead atoms. The maximum atomic E-state index is 13.0. The number of fused-ring (bicyclic) bond motifs is 1. The molecule has 112 valence electrons. The minimum atomic E-state index is -0.0321. The van der Waals surface area contributed by atoms with E-state index >= 15 is 0 Å². The Morgan fingerprint density at radius 1 is 1.23 bits per heavy atom. The van der Waals surface area contributed by atoms with Crippen LogP contribution in [0.4, 0.5) is 0 Å². The van der Waals surface area contributed by atoms with E-state index in [-0.39, 0.29) is 11.5 Å². The number of aromatic nitrogens is 1. The van der Waals surface area contributed by atoms with Gasteiger partial charge in [-0.05, 0) is 64.3 Å². The molecular formula is C18H16BrNO2. The van der Waals surface area contributed by atoms with Crippen LogP contribution in [-0.4, -0.2) is 15.3 Å². The van der Waals surface area contributed by atoms with Gasteiger partial charge in [0.1, 0.15) is 5.75 Å². The number of phenols is 1. The number of carbonyl (C=O) groups excluding carboxylic acids is 1. The van der Waals surface area contributed by atoms with Gasteiger partial charge in [0.2, 0.25) is 5.78 Å². The molecule has 0 unspecified atom stereocenters. The van der Waals surface area contributed by atoms with Crippen molar-refractivity contribution in [2.75, 3.05) is 0 Å². The molecule has 3 nitrogen and oxygen atoms in total. The highest BCUT2D eigenvalue weighted by Gasteiger charge is 2.19. The maximum absolute atomic E-state index is 13.0. The Morgan fingerprint density at radius 3 is 2.77 bits per heavy atom. The molecular weight excluding hydrogens is 342 g/mol. The van der Waals surface area contributed by atoms with E-state index in [1.807, 2.05) is 28.8 Å². The smallest absolute Gasteiger partial charge is 0.210 e. The molecule has 1 aromatic carbocycles. The van der Waals surface area contributed by atoms with Crippen molar-refractivity contribution >= 4 is 27.2 Å². The molecule has 3 rings (SSSR count). The quantitative estimate of drug-likeness (QED) is 0.693. The Hall–Kier alpha value is -2.07. The molecule has 0 saturated carbocycles. The second kappa shape index (κ2) is 5.97. The summed E-state index contributed by atoms with van der Waals surface area (Å²) in [6.07, 6.45) is 3.76. The van der Waals surface area contributed by atoms with Crippen LogP contribution in [0.15, 0.2) is 53.1 Å². The molecule has 0 atom stereocenters. The number of pyridine rings is 1. The summed E-state index contributed by atoms with van der Waals surface area (Å²) in [5.41, 5.74) is 3.34. The first-order chi connectivity index (χ1) is 10.6. The standard InChI is InChI=1S/C18H16BrNO2/c1-2-5-12-10-14-6-3-4-9-20(14)17(12)18(22)13-7-8-16(21)15(19)11-13/h3-4,6-11,21H,2,5H2,1H3. The number of ketones is 1. The fourth-order valence-electron chi connectivity index (χ4n) is 2.68. The molecule has 3 aromatic rings. The third kappa shape index (κ3) is 2.55. The predicted molar refractivity (Wildman–Crippen MR) is 90.6 cm³/mol. The average molecular weight is 358 g/mol. The monoisotopic (exact) mass is 357 g/mol. The lowest BCUT2D eigenvalue weighted by Crippen LogP contribution is -2.08. The summed E-state index contributed by atoms with van der Waals surface area (Å²) in [7, 11) is 0. The topological polar surface area (TPSA) is 41.7 Å². The zero-order valence-corrected chi connectivity index (χ0v) is 13.8. The number of rotatable bonds is 4. The van der Waals surface area contributed by atoms with E-state index in [4.69, 9.17) is 0 Å². The molecule has 0 spiro atoms. The largest absolute Gasteiger partial charge is 0.507 e. The van der Waals surface area contributed by atoms with Crippen molar-refractivity contribution in [2.45, 2.75) is 19.8 Å². The van der Waals surface area contributed by atoms with E-state index in [1.165, 1.54) is 6.07 Å². The summed E-state index contributed by atoms with van der Waals surface area (Å²) in [5.74, 6) is 0.0979. The van der Waals surface area contributed by atoms with Crippen LogP contribution in [0.25, 0.3) is 5.52 Å². The zero-order chi connectivity index (χ0) is 15.7. The molecule has 0 amide bonds. The summed E-state index contributed by atoms with van der Waals surface area (Å²) in [4.78, 5) is 13.0. The van der Waals surface area contributed by atoms with Gasteiger partial charge >= 0.3 is 0 Å². The third-order valence-electron chi connectivity index (χ3n) is 3.70. The Balaban J connectivity index is 2.16. The van der Waals surface area contributed by atoms with E-state index in [2.05, 4.69) is 28.9 Å². The number of phenolic OH excluding ortho intramolecular Hbond substituents is 1. The summed E-state index contributed by atoms with van der Waals surface area (Å²) < 4.78 is 2.46. The van der Waals surface area contributed by atoms with Crippen LogP contribution in [-0.2, 0) is 6.42 Å². The van der Waals surface area contributed by atoms with Crippen LogP contribution in [0.3, 0.4) is 0 Å². The number of halogens is 1.